The Morgan fingerprint density at radius 3 is 2.27 bits per heavy atom. The van der Waals surface area contributed by atoms with Crippen LogP contribution in [-0.2, 0) is 28.4 Å². The molecule has 4 unspecified atom stereocenters. The number of ether oxygens (including phenoxy) is 6. The molecule has 2 fully saturated rings. The third-order valence-electron chi connectivity index (χ3n) is 4.13. The number of hydrogen-bond donors (Lipinski definition) is 0. The lowest BCUT2D eigenvalue weighted by Gasteiger charge is -2.48. The summed E-state index contributed by atoms with van der Waals surface area (Å²) in [5.41, 5.74) is 0.971. The van der Waals surface area contributed by atoms with E-state index in [9.17, 15) is 0 Å². The van der Waals surface area contributed by atoms with Gasteiger partial charge in [-0.05, 0) is 0 Å². The van der Waals surface area contributed by atoms with Gasteiger partial charge in [0.2, 0.25) is 0 Å². The van der Waals surface area contributed by atoms with Crippen LogP contribution in [0.25, 0.3) is 0 Å². The van der Waals surface area contributed by atoms with Gasteiger partial charge in [-0.2, -0.15) is 0 Å². The summed E-state index contributed by atoms with van der Waals surface area (Å²) in [7, 11) is 4.84. The highest BCUT2D eigenvalue weighted by Crippen LogP contribution is 2.35. The predicted molar refractivity (Wildman–Crippen MR) is 77.3 cm³/mol. The van der Waals surface area contributed by atoms with Crippen molar-refractivity contribution < 1.29 is 28.4 Å². The summed E-state index contributed by atoms with van der Waals surface area (Å²) < 4.78 is 34.2. The Balaban J connectivity index is 1.79. The molecule has 0 N–H and O–H groups in total. The van der Waals surface area contributed by atoms with Crippen molar-refractivity contribution in [3.63, 3.8) is 0 Å². The third kappa shape index (κ3) is 2.90. The van der Waals surface area contributed by atoms with Crippen molar-refractivity contribution in [1.82, 2.24) is 0 Å². The van der Waals surface area contributed by atoms with Crippen molar-refractivity contribution >= 4 is 0 Å². The van der Waals surface area contributed by atoms with E-state index in [1.165, 1.54) is 0 Å². The molecule has 0 amide bonds. The second-order valence-electron chi connectivity index (χ2n) is 5.36. The fourth-order valence-electron chi connectivity index (χ4n) is 3.03. The standard InChI is InChI=1S/C16H22O6/c1-17-13-12-11(21-16(19-3)14(13)18-2)9-20-15(22-12)10-7-5-4-6-8-10/h4-8,11-16H,9H2,1-3H3/t11?,12-,13?,14?,15?,16+/m1/s1. The maximum atomic E-state index is 6.10. The number of rotatable bonds is 4. The van der Waals surface area contributed by atoms with Gasteiger partial charge in [0.1, 0.15) is 24.4 Å². The van der Waals surface area contributed by atoms with Gasteiger partial charge in [-0.3, -0.25) is 0 Å². The van der Waals surface area contributed by atoms with Crippen LogP contribution in [0.4, 0.5) is 0 Å². The smallest absolute Gasteiger partial charge is 0.186 e. The van der Waals surface area contributed by atoms with E-state index in [2.05, 4.69) is 0 Å². The van der Waals surface area contributed by atoms with Crippen LogP contribution >= 0.6 is 0 Å². The van der Waals surface area contributed by atoms with Gasteiger partial charge in [-0.15, -0.1) is 0 Å². The molecule has 0 spiro atoms. The molecule has 2 heterocycles. The van der Waals surface area contributed by atoms with Crippen LogP contribution in [0.3, 0.4) is 0 Å². The zero-order valence-corrected chi connectivity index (χ0v) is 13.0. The molecule has 6 nitrogen and oxygen atoms in total. The lowest BCUT2D eigenvalue weighted by Crippen LogP contribution is -2.63. The molecule has 2 saturated heterocycles. The first-order valence-corrected chi connectivity index (χ1v) is 7.34. The van der Waals surface area contributed by atoms with Crippen molar-refractivity contribution in [3.8, 4) is 0 Å². The Bertz CT molecular complexity index is 467. The molecule has 0 aromatic heterocycles. The first-order valence-electron chi connectivity index (χ1n) is 7.34. The van der Waals surface area contributed by atoms with E-state index < -0.39 is 12.6 Å². The summed E-state index contributed by atoms with van der Waals surface area (Å²) in [6.45, 7) is 0.417. The molecule has 122 valence electrons. The molecule has 22 heavy (non-hydrogen) atoms. The fraction of sp³-hybridized carbons (Fsp3) is 0.625. The van der Waals surface area contributed by atoms with Gasteiger partial charge in [0.25, 0.3) is 0 Å². The molecule has 1 aromatic carbocycles. The second-order valence-corrected chi connectivity index (χ2v) is 5.36. The third-order valence-corrected chi connectivity index (χ3v) is 4.13. The van der Waals surface area contributed by atoms with Crippen molar-refractivity contribution in [2.24, 2.45) is 0 Å². The summed E-state index contributed by atoms with van der Waals surface area (Å²) in [5.74, 6) is 0. The first kappa shape index (κ1) is 15.9. The summed E-state index contributed by atoms with van der Waals surface area (Å²) in [6, 6.07) is 9.82. The predicted octanol–water partition coefficient (Wildman–Crippen LogP) is 1.50. The minimum atomic E-state index is -0.503. The van der Waals surface area contributed by atoms with E-state index in [-0.39, 0.29) is 24.4 Å². The zero-order valence-electron chi connectivity index (χ0n) is 13.0. The lowest BCUT2D eigenvalue weighted by atomic mass is 9.97. The minimum Gasteiger partial charge on any atom is -0.376 e. The topological polar surface area (TPSA) is 55.4 Å². The van der Waals surface area contributed by atoms with Gasteiger partial charge in [-0.1, -0.05) is 30.3 Å². The van der Waals surface area contributed by atoms with Crippen molar-refractivity contribution in [2.45, 2.75) is 37.0 Å². The highest BCUT2D eigenvalue weighted by Gasteiger charge is 2.50. The summed E-state index contributed by atoms with van der Waals surface area (Å²) >= 11 is 0. The van der Waals surface area contributed by atoms with Crippen LogP contribution in [0.15, 0.2) is 30.3 Å². The molecule has 6 atom stereocenters. The Hall–Kier alpha value is -1.02. The lowest BCUT2D eigenvalue weighted by molar-refractivity contribution is -0.363. The molecule has 0 bridgehead atoms. The molecule has 2 aliphatic rings. The zero-order chi connectivity index (χ0) is 15.5. The van der Waals surface area contributed by atoms with Gasteiger partial charge >= 0.3 is 0 Å². The van der Waals surface area contributed by atoms with E-state index in [4.69, 9.17) is 28.4 Å². The van der Waals surface area contributed by atoms with Crippen molar-refractivity contribution in [2.75, 3.05) is 27.9 Å². The molecular formula is C16H22O6. The summed E-state index contributed by atoms with van der Waals surface area (Å²) in [5, 5.41) is 0. The second kappa shape index (κ2) is 7.04. The maximum absolute atomic E-state index is 6.10. The highest BCUT2D eigenvalue weighted by atomic mass is 16.8. The van der Waals surface area contributed by atoms with E-state index in [0.29, 0.717) is 6.61 Å². The van der Waals surface area contributed by atoms with Gasteiger partial charge in [0, 0.05) is 26.9 Å². The average Bonchev–Trinajstić information content (AvgIpc) is 2.60. The molecule has 6 heteroatoms. The molecule has 3 rings (SSSR count). The van der Waals surface area contributed by atoms with Crippen molar-refractivity contribution in [3.05, 3.63) is 35.9 Å². The van der Waals surface area contributed by atoms with Gasteiger partial charge in [0.15, 0.2) is 12.6 Å². The van der Waals surface area contributed by atoms with E-state index in [1.54, 1.807) is 21.3 Å². The van der Waals surface area contributed by atoms with E-state index in [1.807, 2.05) is 30.3 Å². The van der Waals surface area contributed by atoms with E-state index >= 15 is 0 Å². The van der Waals surface area contributed by atoms with Gasteiger partial charge in [0.05, 0.1) is 6.61 Å². The summed E-state index contributed by atoms with van der Waals surface area (Å²) in [6.07, 6.45) is -2.10. The fourth-order valence-corrected chi connectivity index (χ4v) is 3.03. The molecule has 1 aromatic rings. The largest absolute Gasteiger partial charge is 0.376 e. The van der Waals surface area contributed by atoms with E-state index in [0.717, 1.165) is 5.56 Å². The quantitative estimate of drug-likeness (QED) is 0.840. The monoisotopic (exact) mass is 310 g/mol. The SMILES string of the molecule is COC1C(OC)[C@@H]2OC(c3ccccc3)OCC2O[C@@H]1OC. The first-order chi connectivity index (χ1) is 10.8. The number of benzene rings is 1. The number of hydrogen-bond acceptors (Lipinski definition) is 6. The van der Waals surface area contributed by atoms with Gasteiger partial charge in [-0.25, -0.2) is 0 Å². The van der Waals surface area contributed by atoms with Crippen LogP contribution < -0.4 is 0 Å². The molecule has 0 radical (unpaired) electrons. The van der Waals surface area contributed by atoms with Crippen LogP contribution in [0.2, 0.25) is 0 Å². The Labute approximate surface area is 130 Å². The number of fused-ring (bicyclic) bond motifs is 1. The Kier molecular flexibility index (Phi) is 5.07. The Morgan fingerprint density at radius 2 is 1.64 bits per heavy atom. The normalized spacial score (nSPS) is 38.5. The average molecular weight is 310 g/mol. The van der Waals surface area contributed by atoms with Crippen LogP contribution in [0.5, 0.6) is 0 Å². The molecule has 0 aliphatic carbocycles. The highest BCUT2D eigenvalue weighted by molar-refractivity contribution is 5.16. The maximum Gasteiger partial charge on any atom is 0.186 e. The summed E-state index contributed by atoms with van der Waals surface area (Å²) in [4.78, 5) is 0. The number of methoxy groups -OCH3 is 3. The van der Waals surface area contributed by atoms with Gasteiger partial charge < -0.3 is 28.4 Å². The minimum absolute atomic E-state index is 0.249. The molecular weight excluding hydrogens is 288 g/mol. The van der Waals surface area contributed by atoms with Crippen molar-refractivity contribution in [1.29, 1.82) is 0 Å². The Morgan fingerprint density at radius 1 is 0.909 bits per heavy atom. The van der Waals surface area contributed by atoms with Crippen LogP contribution in [0.1, 0.15) is 11.9 Å². The van der Waals surface area contributed by atoms with Crippen LogP contribution in [-0.4, -0.2) is 58.6 Å². The molecule has 0 saturated carbocycles. The van der Waals surface area contributed by atoms with Crippen LogP contribution in [0, 0.1) is 0 Å². The molecule has 2 aliphatic heterocycles.